The average molecular weight is 2060 g/mol. The number of amides is 3. The van der Waals surface area contributed by atoms with Gasteiger partial charge < -0.3 is 55.0 Å². The molecular formula is C113H109F6N11O14S3. The van der Waals surface area contributed by atoms with Crippen molar-refractivity contribution in [2.45, 2.75) is 177 Å². The third kappa shape index (κ3) is 27.4. The Bertz CT molecular complexity index is 7370. The highest BCUT2D eigenvalue weighted by atomic mass is 32.1. The minimum Gasteiger partial charge on any atom is -0.480 e. The molecule has 3 fully saturated rings. The lowest BCUT2D eigenvalue weighted by molar-refractivity contribution is -0.147. The number of carboxylic acids is 1. The number of nitrogens with one attached hydrogen (secondary N) is 2. The van der Waals surface area contributed by atoms with Crippen LogP contribution in [-0.4, -0.2) is 123 Å². The molecule has 3 aliphatic carbocycles. The summed E-state index contributed by atoms with van der Waals surface area (Å²) in [6.07, 6.45) is 9.26. The molecule has 5 N–H and O–H groups in total. The summed E-state index contributed by atoms with van der Waals surface area (Å²) in [6.45, 7) is 20.5. The van der Waals surface area contributed by atoms with Crippen molar-refractivity contribution in [1.82, 2.24) is 45.0 Å². The topological polar surface area (TPSA) is 337 Å². The first-order chi connectivity index (χ1) is 70.3. The molecule has 0 spiro atoms. The van der Waals surface area contributed by atoms with Crippen molar-refractivity contribution >= 4 is 123 Å². The van der Waals surface area contributed by atoms with Gasteiger partial charge in [-0.05, 0) is 268 Å². The second kappa shape index (κ2) is 46.6. The van der Waals surface area contributed by atoms with E-state index in [1.165, 1.54) is 119 Å². The molecule has 34 heteroatoms. The van der Waals surface area contributed by atoms with E-state index in [0.29, 0.717) is 144 Å². The van der Waals surface area contributed by atoms with Crippen molar-refractivity contribution in [3.05, 3.63) is 311 Å². The van der Waals surface area contributed by atoms with Gasteiger partial charge in [0.2, 0.25) is 5.91 Å². The molecule has 0 saturated heterocycles. The molecular weight excluding hydrogens is 1950 g/mol. The molecule has 9 heterocycles. The lowest BCUT2D eigenvalue weighted by Gasteiger charge is -2.27. The number of anilines is 2. The first-order valence-electron chi connectivity index (χ1n) is 48.1. The molecule has 760 valence electrons. The van der Waals surface area contributed by atoms with Gasteiger partial charge in [-0.15, -0.1) is 34.0 Å². The lowest BCUT2D eigenvalue weighted by atomic mass is 9.88. The van der Waals surface area contributed by atoms with E-state index in [4.69, 9.17) is 49.5 Å². The second-order valence-corrected chi connectivity index (χ2v) is 41.3. The zero-order chi connectivity index (χ0) is 105. The molecule has 3 saturated carbocycles. The van der Waals surface area contributed by atoms with E-state index >= 15 is 8.78 Å². The molecule has 3 aliphatic rings. The number of thiophene rings is 3. The van der Waals surface area contributed by atoms with Gasteiger partial charge in [0.1, 0.15) is 51.3 Å². The van der Waals surface area contributed by atoms with Crippen LogP contribution in [0.3, 0.4) is 0 Å². The van der Waals surface area contributed by atoms with Crippen LogP contribution in [0.4, 0.5) is 47.3 Å². The van der Waals surface area contributed by atoms with Gasteiger partial charge in [-0.1, -0.05) is 75.4 Å². The number of carboxylic acid groups (broad SMARTS) is 1. The van der Waals surface area contributed by atoms with Crippen LogP contribution >= 0.6 is 34.0 Å². The number of halogens is 6. The Kier molecular flexibility index (Phi) is 33.7. The van der Waals surface area contributed by atoms with E-state index in [-0.39, 0.29) is 78.0 Å². The Morgan fingerprint density at radius 1 is 0.401 bits per heavy atom. The monoisotopic (exact) mass is 2050 g/mol. The third-order valence-corrected chi connectivity index (χ3v) is 27.7. The summed E-state index contributed by atoms with van der Waals surface area (Å²) in [7, 11) is 0. The fraction of sp³-hybridized carbons (Fsp3) is 0.292. The molecule has 9 aromatic heterocycles. The lowest BCUT2D eigenvalue weighted by Crippen LogP contribution is -2.37. The van der Waals surface area contributed by atoms with Crippen molar-refractivity contribution in [3.63, 3.8) is 0 Å². The molecule has 147 heavy (non-hydrogen) atoms. The number of fused-ring (bicyclic) bond motifs is 3. The fourth-order valence-electron chi connectivity index (χ4n) is 16.1. The SMILES string of the molecule is CCCN(Cc1cccc(-c2cc3nccc(Oc4ccc(CC(=O)C5(C(=O)Cc6ccc(F)cc6)CC5)cc4F)c3s2)n1)C(=O)OC(C)(C)C.CCCN(Cc1cccc(-c2cc3nccc(Oc4ccc(N)cc4F)c3s2)n1)C(=O)OC(C)(C)C.CCCNCc1cccc(-c2cc3nccc(Oc4ccc(CC(=O)C5(C(=O)Cc6ccc(F)cc6)CC5)cc4F)c3s2)n1.O=C(O)C1(C(=O)Nc2ccc(F)cc2)CC1. The van der Waals surface area contributed by atoms with Crippen molar-refractivity contribution in [3.8, 4) is 66.2 Å². The van der Waals surface area contributed by atoms with Crippen molar-refractivity contribution in [1.29, 1.82) is 0 Å². The van der Waals surface area contributed by atoms with Gasteiger partial charge in [-0.2, -0.15) is 0 Å². The molecule has 3 amide bonds. The number of carbonyl (C=O) groups is 8. The van der Waals surface area contributed by atoms with E-state index in [9.17, 15) is 55.9 Å². The standard InChI is InChI=1S/C40H39F2N3O5S.C35H31F2N3O3S.C27H29FN4O3S.C11H10FNO3/c1-5-19-45(38(48)50-39(2,3)4)24-28-7-6-8-30(44-28)34-23-31-37(51-34)33(15-18-43-31)49-32-14-11-26(20-29(32)42)22-36(47)40(16-17-40)35(46)21-25-9-12-27(41)13-10-25;1-2-15-38-21-25-4-3-5-27(40-25)31-20-28-34(44-31)30(12-16-39-28)43-29-11-8-23(17-26(29)37)19-33(42)35(13-14-35)32(41)18-22-6-9-24(36)10-7-22;1-5-13-32(26(33)35-27(2,3)4)16-18-7-6-8-20(31-18)24-15-21-25(36-24)23(11-12-30-21)34-22-10-9-17(29)14-19(22)28;12-7-1-3-8(4-2-7)13-9(14)11(5-6-11)10(15)16/h6-15,18,20,23H,5,16-17,19,21-22,24H2,1-4H3;3-12,16-17,20,38H,2,13-15,18-19,21H2,1H3;6-12,14-15H,5,13,16,29H2,1-4H3;1-4H,5-6H2,(H,13,14)(H,15,16). The Morgan fingerprint density at radius 3 is 1.08 bits per heavy atom. The number of benzene rings is 6. The van der Waals surface area contributed by atoms with Gasteiger partial charge in [0.05, 0.1) is 103 Å². The Hall–Kier alpha value is -15.0. The minimum atomic E-state index is -1.27. The van der Waals surface area contributed by atoms with Crippen LogP contribution in [0.2, 0.25) is 0 Å². The molecule has 25 nitrogen and oxygen atoms in total. The molecule has 6 aromatic carbocycles. The zero-order valence-electron chi connectivity index (χ0n) is 82.4. The summed E-state index contributed by atoms with van der Waals surface area (Å²) >= 11 is 4.34. The Labute approximate surface area is 857 Å². The number of aromatic nitrogens is 6. The first-order valence-corrected chi connectivity index (χ1v) is 50.6. The molecule has 0 radical (unpaired) electrons. The number of carbonyl (C=O) groups excluding carboxylic acids is 7. The summed E-state index contributed by atoms with van der Waals surface area (Å²) in [5.41, 5.74) is 10.8. The highest BCUT2D eigenvalue weighted by molar-refractivity contribution is 7.23. The molecule has 15 aromatic rings. The van der Waals surface area contributed by atoms with Crippen LogP contribution in [0.15, 0.2) is 237 Å². The highest BCUT2D eigenvalue weighted by Crippen LogP contribution is 2.52. The van der Waals surface area contributed by atoms with Crippen LogP contribution in [0, 0.1) is 51.1 Å². The number of ketones is 4. The number of hydrogen-bond acceptors (Lipinski definition) is 24. The number of nitrogen functional groups attached to an aromatic ring is 1. The molecule has 0 aliphatic heterocycles. The van der Waals surface area contributed by atoms with Crippen LogP contribution in [0.1, 0.15) is 159 Å². The first kappa shape index (κ1) is 106. The Balaban J connectivity index is 0.000000155. The fourth-order valence-corrected chi connectivity index (χ4v) is 19.2. The van der Waals surface area contributed by atoms with E-state index in [1.54, 1.807) is 89.1 Å². The van der Waals surface area contributed by atoms with Crippen molar-refractivity contribution in [2.24, 2.45) is 16.2 Å². The zero-order valence-corrected chi connectivity index (χ0v) is 84.8. The predicted molar refractivity (Wildman–Crippen MR) is 554 cm³/mol. The number of rotatable bonds is 36. The maximum atomic E-state index is 15.4. The van der Waals surface area contributed by atoms with Crippen molar-refractivity contribution < 1.29 is 93.5 Å². The molecule has 0 atom stereocenters. The van der Waals surface area contributed by atoms with E-state index in [0.717, 1.165) is 83.6 Å². The van der Waals surface area contributed by atoms with Crippen LogP contribution < -0.4 is 30.6 Å². The number of Topliss-reactive ketones (excluding diaryl/α,β-unsaturated/α-hetero) is 4. The normalized spacial score (nSPS) is 13.4. The number of nitrogens with two attached hydrogens (primary N) is 1. The van der Waals surface area contributed by atoms with Crippen LogP contribution in [0.25, 0.3) is 62.4 Å². The van der Waals surface area contributed by atoms with E-state index < -0.39 is 74.5 Å². The number of hydrogen-bond donors (Lipinski definition) is 4. The van der Waals surface area contributed by atoms with Gasteiger partial charge >= 0.3 is 18.2 Å². The smallest absolute Gasteiger partial charge is 0.410 e. The Morgan fingerprint density at radius 2 is 0.741 bits per heavy atom. The summed E-state index contributed by atoms with van der Waals surface area (Å²) in [5, 5.41) is 14.7. The second-order valence-electron chi connectivity index (χ2n) is 38.1. The van der Waals surface area contributed by atoms with Gasteiger partial charge in [0, 0.05) is 99.5 Å². The van der Waals surface area contributed by atoms with E-state index in [2.05, 4.69) is 32.5 Å². The minimum absolute atomic E-state index is 0.0135. The number of pyridine rings is 6. The summed E-state index contributed by atoms with van der Waals surface area (Å²) in [4.78, 5) is 134. The van der Waals surface area contributed by atoms with Gasteiger partial charge in [0.25, 0.3) is 0 Å². The van der Waals surface area contributed by atoms with Gasteiger partial charge in [-0.3, -0.25) is 58.7 Å². The predicted octanol–water partition coefficient (Wildman–Crippen LogP) is 25.6. The molecule has 18 rings (SSSR count). The summed E-state index contributed by atoms with van der Waals surface area (Å²) in [5.74, 6) is -3.95. The van der Waals surface area contributed by atoms with Gasteiger partial charge in [0.15, 0.2) is 57.8 Å². The van der Waals surface area contributed by atoms with Gasteiger partial charge in [-0.25, -0.2) is 35.9 Å². The van der Waals surface area contributed by atoms with Crippen molar-refractivity contribution in [2.75, 3.05) is 30.7 Å². The summed E-state index contributed by atoms with van der Waals surface area (Å²) in [6, 6.07) is 57.8. The summed E-state index contributed by atoms with van der Waals surface area (Å²) < 4.78 is 115. The number of aliphatic carboxylic acids is 1. The number of nitrogens with zero attached hydrogens (tertiary/aromatic N) is 8. The quantitative estimate of drug-likeness (QED) is 0.0123. The highest BCUT2D eigenvalue weighted by Gasteiger charge is 2.58. The average Bonchev–Trinajstić information content (AvgIpc) is 1.60. The maximum absolute atomic E-state index is 15.4. The largest absolute Gasteiger partial charge is 0.480 e. The molecule has 0 bridgehead atoms. The van der Waals surface area contributed by atoms with Crippen LogP contribution in [-0.2, 0) is 83.6 Å². The maximum Gasteiger partial charge on any atom is 0.410 e. The molecule has 0 unspecified atom stereocenters. The van der Waals surface area contributed by atoms with E-state index in [1.807, 2.05) is 128 Å². The number of ether oxygens (including phenoxy) is 5. The third-order valence-electron chi connectivity index (χ3n) is 24.3. The van der Waals surface area contributed by atoms with Crippen LogP contribution in [0.5, 0.6) is 34.5 Å².